The number of amides is 3. The number of para-hydroxylation sites is 2. The van der Waals surface area contributed by atoms with Crippen molar-refractivity contribution in [3.05, 3.63) is 90.0 Å². The minimum atomic E-state index is -0.776. The summed E-state index contributed by atoms with van der Waals surface area (Å²) in [5.74, 6) is -0.884. The Labute approximate surface area is 207 Å². The highest BCUT2D eigenvalue weighted by Gasteiger charge is 2.25. The molecule has 0 bridgehead atoms. The molecule has 0 saturated heterocycles. The predicted molar refractivity (Wildman–Crippen MR) is 132 cm³/mol. The summed E-state index contributed by atoms with van der Waals surface area (Å²) in [6.07, 6.45) is 1.89. The van der Waals surface area contributed by atoms with Gasteiger partial charge in [0.1, 0.15) is 18.0 Å². The lowest BCUT2D eigenvalue weighted by atomic mass is 10.1. The highest BCUT2D eigenvalue weighted by Crippen LogP contribution is 2.22. The van der Waals surface area contributed by atoms with E-state index in [4.69, 9.17) is 9.47 Å². The molecule has 1 aliphatic rings. The Morgan fingerprint density at radius 1 is 0.778 bits per heavy atom. The zero-order valence-corrected chi connectivity index (χ0v) is 19.4. The average Bonchev–Trinajstić information content (AvgIpc) is 3.71. The molecule has 1 aliphatic carbocycles. The number of rotatable bonds is 10. The molecular weight excluding hydrogens is 462 g/mol. The number of ether oxygens (including phenoxy) is 2. The normalized spacial score (nSPS) is 12.2. The van der Waals surface area contributed by atoms with Gasteiger partial charge in [-0.15, -0.1) is 0 Å². The van der Waals surface area contributed by atoms with Crippen molar-refractivity contribution in [2.24, 2.45) is 0 Å². The first-order valence-electron chi connectivity index (χ1n) is 11.4. The first-order valence-corrected chi connectivity index (χ1v) is 11.4. The van der Waals surface area contributed by atoms with Gasteiger partial charge in [0.25, 0.3) is 17.7 Å². The number of carbonyl (C=O) groups is 4. The summed E-state index contributed by atoms with van der Waals surface area (Å²) in [7, 11) is 0. The first kappa shape index (κ1) is 24.5. The van der Waals surface area contributed by atoms with Crippen molar-refractivity contribution in [2.45, 2.75) is 18.9 Å². The zero-order valence-electron chi connectivity index (χ0n) is 19.4. The number of carbonyl (C=O) groups excluding carboxylic acids is 4. The van der Waals surface area contributed by atoms with Gasteiger partial charge in [0, 0.05) is 11.6 Å². The van der Waals surface area contributed by atoms with Gasteiger partial charge in [0.15, 0.2) is 6.61 Å². The lowest BCUT2D eigenvalue weighted by molar-refractivity contribution is -0.146. The molecule has 3 N–H and O–H groups in total. The quantitative estimate of drug-likeness (QED) is 0.377. The molecule has 0 aliphatic heterocycles. The van der Waals surface area contributed by atoms with Crippen LogP contribution in [0.2, 0.25) is 0 Å². The first-order chi connectivity index (χ1) is 17.5. The van der Waals surface area contributed by atoms with Crippen LogP contribution in [0.1, 0.15) is 33.6 Å². The molecule has 9 nitrogen and oxygen atoms in total. The third-order valence-electron chi connectivity index (χ3n) is 5.21. The largest absolute Gasteiger partial charge is 0.457 e. The molecule has 0 aromatic heterocycles. The number of hydrogen-bond donors (Lipinski definition) is 3. The lowest BCUT2D eigenvalue weighted by Gasteiger charge is -2.11. The van der Waals surface area contributed by atoms with Crippen LogP contribution in [0.5, 0.6) is 11.5 Å². The zero-order chi connectivity index (χ0) is 25.3. The van der Waals surface area contributed by atoms with Crippen LogP contribution >= 0.6 is 0 Å². The topological polar surface area (TPSA) is 123 Å². The molecule has 0 spiro atoms. The summed E-state index contributed by atoms with van der Waals surface area (Å²) in [5.41, 5.74) is 0.989. The van der Waals surface area contributed by atoms with Crippen molar-refractivity contribution in [1.29, 1.82) is 0 Å². The van der Waals surface area contributed by atoms with Gasteiger partial charge in [-0.3, -0.25) is 19.2 Å². The van der Waals surface area contributed by atoms with E-state index in [-0.39, 0.29) is 11.9 Å². The number of hydrogen-bond acceptors (Lipinski definition) is 6. The van der Waals surface area contributed by atoms with E-state index in [1.54, 1.807) is 48.5 Å². The summed E-state index contributed by atoms with van der Waals surface area (Å²) < 4.78 is 10.6. The van der Waals surface area contributed by atoms with Crippen LogP contribution in [0.25, 0.3) is 0 Å². The Bertz CT molecular complexity index is 1240. The SMILES string of the molecule is O=C(COC(=O)CNC(=O)c1ccc(Oc2ccccc2)cc1)Nc1ccccc1C(=O)NC1CC1. The molecule has 4 rings (SSSR count). The Kier molecular flexibility index (Phi) is 7.92. The van der Waals surface area contributed by atoms with Crippen LogP contribution in [0.3, 0.4) is 0 Å². The minimum absolute atomic E-state index is 0.179. The maximum atomic E-state index is 12.3. The van der Waals surface area contributed by atoms with E-state index in [0.29, 0.717) is 28.3 Å². The van der Waals surface area contributed by atoms with E-state index >= 15 is 0 Å². The third kappa shape index (κ3) is 7.17. The maximum Gasteiger partial charge on any atom is 0.325 e. The number of esters is 1. The third-order valence-corrected chi connectivity index (χ3v) is 5.21. The minimum Gasteiger partial charge on any atom is -0.457 e. The van der Waals surface area contributed by atoms with Crippen LogP contribution in [-0.4, -0.2) is 42.9 Å². The molecule has 3 aromatic carbocycles. The molecule has 36 heavy (non-hydrogen) atoms. The van der Waals surface area contributed by atoms with Crippen LogP contribution in [-0.2, 0) is 14.3 Å². The molecule has 0 radical (unpaired) electrons. The lowest BCUT2D eigenvalue weighted by Crippen LogP contribution is -2.32. The Morgan fingerprint density at radius 2 is 1.44 bits per heavy atom. The fraction of sp³-hybridized carbons (Fsp3) is 0.185. The van der Waals surface area contributed by atoms with Crippen molar-refractivity contribution in [2.75, 3.05) is 18.5 Å². The van der Waals surface area contributed by atoms with E-state index < -0.39 is 30.9 Å². The second-order valence-electron chi connectivity index (χ2n) is 8.12. The molecule has 3 amide bonds. The molecule has 0 atom stereocenters. The van der Waals surface area contributed by atoms with E-state index in [1.807, 2.05) is 30.3 Å². The summed E-state index contributed by atoms with van der Waals surface area (Å²) in [4.78, 5) is 48.9. The summed E-state index contributed by atoms with van der Waals surface area (Å²) in [6.45, 7) is -0.965. The average molecular weight is 488 g/mol. The van der Waals surface area contributed by atoms with Crippen LogP contribution in [0.4, 0.5) is 5.69 Å². The van der Waals surface area contributed by atoms with E-state index in [1.165, 1.54) is 0 Å². The Morgan fingerprint density at radius 3 is 2.17 bits per heavy atom. The summed E-state index contributed by atoms with van der Waals surface area (Å²) in [6, 6.07) is 22.4. The number of benzene rings is 3. The second-order valence-corrected chi connectivity index (χ2v) is 8.12. The molecule has 9 heteroatoms. The highest BCUT2D eigenvalue weighted by atomic mass is 16.5. The molecule has 0 unspecified atom stereocenters. The van der Waals surface area contributed by atoms with Gasteiger partial charge in [-0.2, -0.15) is 0 Å². The van der Waals surface area contributed by atoms with Gasteiger partial charge < -0.3 is 25.4 Å². The van der Waals surface area contributed by atoms with E-state index in [0.717, 1.165) is 12.8 Å². The fourth-order valence-corrected chi connectivity index (χ4v) is 3.22. The van der Waals surface area contributed by atoms with Crippen LogP contribution in [0.15, 0.2) is 78.9 Å². The predicted octanol–water partition coefficient (Wildman–Crippen LogP) is 3.28. The van der Waals surface area contributed by atoms with Crippen molar-refractivity contribution in [1.82, 2.24) is 10.6 Å². The second kappa shape index (κ2) is 11.7. The van der Waals surface area contributed by atoms with Gasteiger partial charge in [-0.1, -0.05) is 30.3 Å². The van der Waals surface area contributed by atoms with E-state index in [9.17, 15) is 19.2 Å². The van der Waals surface area contributed by atoms with Crippen molar-refractivity contribution in [3.63, 3.8) is 0 Å². The molecule has 0 heterocycles. The standard InChI is InChI=1S/C27H25N3O6/c31-24(30-23-9-5-4-8-22(23)27(34)29-19-12-13-19)17-35-25(32)16-28-26(33)18-10-14-21(15-11-18)36-20-6-2-1-3-7-20/h1-11,14-15,19H,12-13,16-17H2,(H,28,33)(H,29,34)(H,30,31). The molecule has 1 fully saturated rings. The smallest absolute Gasteiger partial charge is 0.325 e. The van der Waals surface area contributed by atoms with E-state index in [2.05, 4.69) is 16.0 Å². The molecule has 184 valence electrons. The van der Waals surface area contributed by atoms with Gasteiger partial charge in [-0.25, -0.2) is 0 Å². The Hall–Kier alpha value is -4.66. The van der Waals surface area contributed by atoms with Gasteiger partial charge in [0.05, 0.1) is 11.3 Å². The van der Waals surface area contributed by atoms with Crippen molar-refractivity contribution >= 4 is 29.4 Å². The summed E-state index contributed by atoms with van der Waals surface area (Å²) >= 11 is 0. The Balaban J connectivity index is 1.20. The molecular formula is C27H25N3O6. The van der Waals surface area contributed by atoms with Gasteiger partial charge in [-0.05, 0) is 61.4 Å². The number of nitrogens with one attached hydrogen (secondary N) is 3. The molecule has 1 saturated carbocycles. The van der Waals surface area contributed by atoms with Gasteiger partial charge in [0.2, 0.25) is 0 Å². The highest BCUT2D eigenvalue weighted by molar-refractivity contribution is 6.04. The van der Waals surface area contributed by atoms with Crippen molar-refractivity contribution < 1.29 is 28.7 Å². The summed E-state index contributed by atoms with van der Waals surface area (Å²) in [5, 5.41) is 7.89. The number of anilines is 1. The van der Waals surface area contributed by atoms with Crippen molar-refractivity contribution in [3.8, 4) is 11.5 Å². The van der Waals surface area contributed by atoms with Crippen LogP contribution in [0, 0.1) is 0 Å². The van der Waals surface area contributed by atoms with Gasteiger partial charge >= 0.3 is 5.97 Å². The van der Waals surface area contributed by atoms with Crippen LogP contribution < -0.4 is 20.7 Å². The molecule has 3 aromatic rings. The monoisotopic (exact) mass is 487 g/mol. The fourth-order valence-electron chi connectivity index (χ4n) is 3.22. The maximum absolute atomic E-state index is 12.3.